The van der Waals surface area contributed by atoms with Crippen molar-refractivity contribution in [3.05, 3.63) is 154 Å². The zero-order chi connectivity index (χ0) is 59.2. The van der Waals surface area contributed by atoms with Gasteiger partial charge in [0, 0.05) is 71.0 Å². The van der Waals surface area contributed by atoms with Gasteiger partial charge in [0.15, 0.2) is 0 Å². The summed E-state index contributed by atoms with van der Waals surface area (Å²) >= 11 is 42.0. The number of hydrogen-bond donors (Lipinski definition) is 4. The number of nitrogens with zero attached hydrogens (tertiary/aromatic N) is 9. The minimum atomic E-state index is -4.94. The van der Waals surface area contributed by atoms with Crippen molar-refractivity contribution >= 4 is 149 Å². The van der Waals surface area contributed by atoms with Crippen LogP contribution in [0.15, 0.2) is 77.0 Å². The van der Waals surface area contributed by atoms with Crippen LogP contribution < -0.4 is 102 Å². The van der Waals surface area contributed by atoms with E-state index in [2.05, 4.69) is 68.9 Å². The van der Waals surface area contributed by atoms with E-state index in [4.69, 9.17) is 96.6 Å². The van der Waals surface area contributed by atoms with Gasteiger partial charge >= 0.3 is 56.6 Å². The number of aromatic amines is 2. The van der Waals surface area contributed by atoms with E-state index in [9.17, 15) is 54.6 Å². The molecule has 0 aliphatic carbocycles. The summed E-state index contributed by atoms with van der Waals surface area (Å²) < 4.78 is 58.9. The summed E-state index contributed by atoms with van der Waals surface area (Å²) in [6.07, 6.45) is 5.94. The molecule has 0 unspecified atom stereocenters. The van der Waals surface area contributed by atoms with Gasteiger partial charge in [-0.3, -0.25) is 54.6 Å². The Balaban J connectivity index is -0.000000210. The number of rotatable bonds is 6. The van der Waals surface area contributed by atoms with Crippen LogP contribution in [0.4, 0.5) is 40.1 Å². The van der Waals surface area contributed by atoms with Gasteiger partial charge in [0.25, 0.3) is 28.3 Å². The predicted molar refractivity (Wildman–Crippen MR) is 307 cm³/mol. The molecule has 0 radical (unpaired) electrons. The van der Waals surface area contributed by atoms with Crippen molar-refractivity contribution in [1.82, 2.24) is 30.2 Å². The molecule has 5 aromatic rings. The first kappa shape index (κ1) is 88.6. The summed E-state index contributed by atoms with van der Waals surface area (Å²) in [5, 5.41) is 41.5. The number of hydrogen-bond acceptors (Lipinski definition) is 25. The number of pyridine rings is 5. The maximum Gasteiger partial charge on any atom is 1.00 e. The van der Waals surface area contributed by atoms with E-state index in [-0.39, 0.29) is 131 Å². The van der Waals surface area contributed by atoms with Crippen LogP contribution in [-0.4, -0.2) is 124 Å². The van der Waals surface area contributed by atoms with Crippen molar-refractivity contribution in [2.45, 2.75) is 22.3 Å². The number of nitrogens with one attached hydrogen (secondary N) is 3. The maximum atomic E-state index is 10.6. The molecular formula is C40H55Cl10KN13O18P. The van der Waals surface area contributed by atoms with E-state index < -0.39 is 40.7 Å². The molecule has 8 heterocycles. The number of halogens is 10. The standard InChI is InChI=1S/C9H10ClN3O3.C9H12ClN3O.C5H2Cl2N2O2.C5H3ClN2O3.C5H4N2O3.C4H9NO.3CH4.Cl3OP.ClHO4.ClH.K.H2/c10-8-5-7(13(14)15)6-11-9(8)12-1-3-16-4-2-12;10-8-5-7(11)6-12-9(8)13-1-3-14-4-2-13;6-4-1-3(9(10)11)2-8-5(4)7;6-4-1-3(8(10)11)2-7-5(4)9;8-5-2-1-4(3-6-5)7(9)10;1-3-6-4-2-5-1;;;;1-5(2,3)4;2-1(3,4)5;;;/h5-6H,1-4H2;5-6H,1-4,11H2;1-2H;1-2H,(H,7,9);1-3H,(H,6,8);5H,1-4H2;3*1H4;;(H,2,3,4,5);1H;;1H/q;;;;;;;;;;;;+1;/p-1. The van der Waals surface area contributed by atoms with E-state index in [0.717, 1.165) is 101 Å². The molecule has 8 rings (SSSR count). The quantitative estimate of drug-likeness (QED) is 0.0622. The van der Waals surface area contributed by atoms with Gasteiger partial charge in [0.1, 0.15) is 34.2 Å². The Morgan fingerprint density at radius 1 is 0.578 bits per heavy atom. The fraction of sp³-hybridized carbons (Fsp3) is 0.375. The van der Waals surface area contributed by atoms with Crippen LogP contribution in [0.3, 0.4) is 0 Å². The summed E-state index contributed by atoms with van der Waals surface area (Å²) in [5.41, 5.74) is 4.68. The summed E-state index contributed by atoms with van der Waals surface area (Å²) in [6, 6.07) is 7.45. The van der Waals surface area contributed by atoms with Crippen LogP contribution >= 0.6 is 109 Å². The SMILES string of the molecule is C.C.C.C1COCCN1.Cl.Nc1cnc(N2CCOCC2)c(Cl)c1.O=P(Cl)(Cl)Cl.O=[N+]([O-])c1cnc(Cl)c(Cl)c1.O=[N+]([O-])c1cnc(N2CCOCC2)c(Cl)c1.O=c1[nH]cc([N+](=O)[O-])cc1Cl.O=c1ccc([N+](=O)[O-])c[nH]1.[HH].[K+].[O-][Cl+3]([O-])([O-])[O-]. The molecule has 43 heteroatoms. The predicted octanol–water partition coefficient (Wildman–Crippen LogP) is 3.39. The third-order valence-corrected chi connectivity index (χ3v) is 9.88. The molecule has 31 nitrogen and oxygen atoms in total. The van der Waals surface area contributed by atoms with E-state index in [1.807, 2.05) is 4.90 Å². The average Bonchev–Trinajstić information content (AvgIpc) is 3.49. The Hall–Kier alpha value is -3.20. The van der Waals surface area contributed by atoms with Gasteiger partial charge in [-0.2, -0.15) is 0 Å². The van der Waals surface area contributed by atoms with Gasteiger partial charge in [-0.05, 0) is 39.8 Å². The summed E-state index contributed by atoms with van der Waals surface area (Å²) in [7, 11) is -4.94. The summed E-state index contributed by atoms with van der Waals surface area (Å²) in [6.45, 7) is 9.58. The van der Waals surface area contributed by atoms with Crippen molar-refractivity contribution < 1.29 is 120 Å². The maximum absolute atomic E-state index is 10.6. The van der Waals surface area contributed by atoms with Crippen LogP contribution in [0.1, 0.15) is 23.7 Å². The van der Waals surface area contributed by atoms with E-state index >= 15 is 0 Å². The molecule has 5 N–H and O–H groups in total. The molecule has 3 aliphatic rings. The second kappa shape index (κ2) is 46.9. The largest absolute Gasteiger partial charge is 1.00 e. The van der Waals surface area contributed by atoms with Crippen molar-refractivity contribution in [3.63, 3.8) is 0 Å². The topological polar surface area (TPSA) is 458 Å². The molecule has 464 valence electrons. The van der Waals surface area contributed by atoms with E-state index in [1.165, 1.54) is 12.3 Å². The number of aromatic nitrogens is 5. The van der Waals surface area contributed by atoms with Gasteiger partial charge in [-0.25, -0.2) is 33.6 Å². The van der Waals surface area contributed by atoms with Crippen LogP contribution in [-0.2, 0) is 18.8 Å². The van der Waals surface area contributed by atoms with Gasteiger partial charge in [-0.1, -0.05) is 80.3 Å². The van der Waals surface area contributed by atoms with Crippen LogP contribution in [0.2, 0.25) is 25.2 Å². The second-order valence-corrected chi connectivity index (χ2v) is 23.2. The molecule has 0 spiro atoms. The Kier molecular flexibility index (Phi) is 50.1. The minimum absolute atomic E-state index is 0. The number of nitrogens with two attached hydrogens (primary N) is 1. The van der Waals surface area contributed by atoms with E-state index in [0.29, 0.717) is 47.9 Å². The number of nitro groups is 4. The molecule has 3 fully saturated rings. The molecule has 0 atom stereocenters. The number of ether oxygens (including phenoxy) is 3. The van der Waals surface area contributed by atoms with Crippen molar-refractivity contribution in [2.24, 2.45) is 0 Å². The fourth-order valence-corrected chi connectivity index (χ4v) is 6.08. The molecule has 0 bridgehead atoms. The Morgan fingerprint density at radius 3 is 1.27 bits per heavy atom. The van der Waals surface area contributed by atoms with Crippen molar-refractivity contribution in [2.75, 3.05) is 94.4 Å². The smallest absolute Gasteiger partial charge is 0.397 e. The fourth-order valence-electron chi connectivity index (χ4n) is 5.08. The molecule has 0 aromatic carbocycles. The second-order valence-electron chi connectivity index (χ2n) is 13.9. The monoisotopic (exact) mass is 1430 g/mol. The molecule has 0 saturated carbocycles. The number of nitrogen functional groups attached to an aromatic ring is 1. The average molecular weight is 1430 g/mol. The van der Waals surface area contributed by atoms with E-state index in [1.54, 1.807) is 12.3 Å². The molecule has 5 aromatic heterocycles. The van der Waals surface area contributed by atoms with Crippen LogP contribution in [0, 0.1) is 50.7 Å². The molecular weight excluding hydrogens is 1380 g/mol. The molecule has 0 amide bonds. The Morgan fingerprint density at radius 2 is 0.940 bits per heavy atom. The number of anilines is 3. The summed E-state index contributed by atoms with van der Waals surface area (Å²) in [4.78, 5) is 79.5. The van der Waals surface area contributed by atoms with Gasteiger partial charge < -0.3 is 45.0 Å². The number of morpholine rings is 3. The molecule has 83 heavy (non-hydrogen) atoms. The first-order valence-electron chi connectivity index (χ1n) is 20.6. The zero-order valence-corrected chi connectivity index (χ0v) is 52.2. The third-order valence-electron chi connectivity index (χ3n) is 8.35. The first-order valence-corrected chi connectivity index (χ1v) is 28.2. The van der Waals surface area contributed by atoms with Gasteiger partial charge in [0.2, 0.25) is 5.56 Å². The van der Waals surface area contributed by atoms with Crippen LogP contribution in [0.25, 0.3) is 0 Å². The Bertz CT molecular complexity index is 2860. The first-order chi connectivity index (χ1) is 36.4. The zero-order valence-electron chi connectivity index (χ0n) is 40.5. The van der Waals surface area contributed by atoms with Crippen molar-refractivity contribution in [1.29, 1.82) is 0 Å². The third kappa shape index (κ3) is 42.3. The summed E-state index contributed by atoms with van der Waals surface area (Å²) in [5.74, 6) is 1.37. The van der Waals surface area contributed by atoms with Gasteiger partial charge in [0.05, 0.1) is 98.7 Å². The van der Waals surface area contributed by atoms with Crippen molar-refractivity contribution in [3.8, 4) is 0 Å². The number of H-pyrrole nitrogens is 2. The van der Waals surface area contributed by atoms with Gasteiger partial charge in [-0.15, -0.1) is 22.7 Å². The normalized spacial score (nSPS) is 12.8. The minimum Gasteiger partial charge on any atom is -0.397 e. The molecule has 3 saturated heterocycles. The Labute approximate surface area is 564 Å². The molecule has 3 aliphatic heterocycles. The van der Waals surface area contributed by atoms with Crippen LogP contribution in [0.5, 0.6) is 0 Å².